The summed E-state index contributed by atoms with van der Waals surface area (Å²) < 4.78 is 0. The molecule has 2 saturated carbocycles. The monoisotopic (exact) mass is 308 g/mol. The van der Waals surface area contributed by atoms with Gasteiger partial charge in [-0.05, 0) is 43.9 Å². The van der Waals surface area contributed by atoms with Crippen LogP contribution in [-0.4, -0.2) is 23.9 Å². The molecular weight excluding hydrogens is 276 g/mol. The molecule has 0 aromatic carbocycles. The van der Waals surface area contributed by atoms with Crippen molar-refractivity contribution in [3.8, 4) is 0 Å². The average Bonchev–Trinajstić information content (AvgIpc) is 2.35. The maximum absolute atomic E-state index is 12.4. The van der Waals surface area contributed by atoms with Crippen molar-refractivity contribution in [2.45, 2.75) is 84.7 Å². The van der Waals surface area contributed by atoms with Gasteiger partial charge in [0.2, 0.25) is 11.8 Å². The molecular formula is C18H32N2O2. The van der Waals surface area contributed by atoms with Gasteiger partial charge >= 0.3 is 0 Å². The Hall–Kier alpha value is -1.06. The molecule has 0 saturated heterocycles. The van der Waals surface area contributed by atoms with Crippen LogP contribution in [-0.2, 0) is 9.59 Å². The van der Waals surface area contributed by atoms with E-state index in [0.717, 1.165) is 25.7 Å². The quantitative estimate of drug-likeness (QED) is 0.839. The summed E-state index contributed by atoms with van der Waals surface area (Å²) in [6.45, 7) is 8.55. The molecule has 2 rings (SSSR count). The van der Waals surface area contributed by atoms with Crippen LogP contribution >= 0.6 is 0 Å². The van der Waals surface area contributed by atoms with Crippen LogP contribution in [0.2, 0.25) is 0 Å². The minimum absolute atomic E-state index is 0.0335. The summed E-state index contributed by atoms with van der Waals surface area (Å²) in [6.07, 6.45) is 7.73. The molecule has 0 aromatic rings. The number of hydrogen-bond donors (Lipinski definition) is 2. The third-order valence-corrected chi connectivity index (χ3v) is 5.43. The lowest BCUT2D eigenvalue weighted by molar-refractivity contribution is -0.133. The first-order valence-corrected chi connectivity index (χ1v) is 8.90. The molecule has 0 radical (unpaired) electrons. The van der Waals surface area contributed by atoms with E-state index in [0.29, 0.717) is 5.92 Å². The second-order valence-electron chi connectivity index (χ2n) is 8.23. The van der Waals surface area contributed by atoms with Crippen LogP contribution in [0.4, 0.5) is 0 Å². The van der Waals surface area contributed by atoms with E-state index in [1.165, 1.54) is 19.3 Å². The summed E-state index contributed by atoms with van der Waals surface area (Å²) in [5, 5.41) is 6.08. The number of hydrogen-bond acceptors (Lipinski definition) is 2. The second kappa shape index (κ2) is 7.01. The lowest BCUT2D eigenvalue weighted by Crippen LogP contribution is -2.53. The molecule has 2 aliphatic rings. The molecule has 3 atom stereocenters. The van der Waals surface area contributed by atoms with Crippen LogP contribution in [0, 0.1) is 17.3 Å². The fourth-order valence-corrected chi connectivity index (χ4v) is 3.72. The van der Waals surface area contributed by atoms with Gasteiger partial charge in [0.25, 0.3) is 0 Å². The summed E-state index contributed by atoms with van der Waals surface area (Å²) in [7, 11) is 0. The molecule has 2 amide bonds. The van der Waals surface area contributed by atoms with E-state index in [1.807, 2.05) is 0 Å². The fraction of sp³-hybridized carbons (Fsp3) is 0.889. The van der Waals surface area contributed by atoms with Crippen molar-refractivity contribution in [3.05, 3.63) is 0 Å². The van der Waals surface area contributed by atoms with Gasteiger partial charge in [-0.3, -0.25) is 9.59 Å². The maximum Gasteiger partial charge on any atom is 0.242 e. The van der Waals surface area contributed by atoms with E-state index in [-0.39, 0.29) is 29.2 Å². The molecule has 0 spiro atoms. The molecule has 0 unspecified atom stereocenters. The van der Waals surface area contributed by atoms with Crippen LogP contribution in [0.3, 0.4) is 0 Å². The van der Waals surface area contributed by atoms with Crippen LogP contribution in [0.1, 0.15) is 72.6 Å². The molecule has 0 aliphatic heterocycles. The van der Waals surface area contributed by atoms with Crippen molar-refractivity contribution < 1.29 is 9.59 Å². The van der Waals surface area contributed by atoms with E-state index >= 15 is 0 Å². The Morgan fingerprint density at radius 1 is 1.00 bits per heavy atom. The first-order valence-electron chi connectivity index (χ1n) is 8.90. The van der Waals surface area contributed by atoms with E-state index in [1.54, 1.807) is 6.92 Å². The fourth-order valence-electron chi connectivity index (χ4n) is 3.72. The smallest absolute Gasteiger partial charge is 0.242 e. The number of nitrogens with one attached hydrogen (secondary N) is 2. The summed E-state index contributed by atoms with van der Waals surface area (Å²) in [6, 6.07) is -0.194. The Morgan fingerprint density at radius 2 is 1.64 bits per heavy atom. The van der Waals surface area contributed by atoms with E-state index in [2.05, 4.69) is 31.4 Å². The topological polar surface area (TPSA) is 58.2 Å². The van der Waals surface area contributed by atoms with Gasteiger partial charge in [0.15, 0.2) is 0 Å². The van der Waals surface area contributed by atoms with Crippen LogP contribution < -0.4 is 10.6 Å². The highest BCUT2D eigenvalue weighted by atomic mass is 16.2. The Kier molecular flexibility index (Phi) is 5.51. The van der Waals surface area contributed by atoms with Crippen LogP contribution in [0.25, 0.3) is 0 Å². The average molecular weight is 308 g/mol. The largest absolute Gasteiger partial charge is 0.351 e. The molecule has 22 heavy (non-hydrogen) atoms. The van der Waals surface area contributed by atoms with Gasteiger partial charge in [-0.15, -0.1) is 0 Å². The Balaban J connectivity index is 1.87. The molecule has 0 bridgehead atoms. The predicted molar refractivity (Wildman–Crippen MR) is 88.3 cm³/mol. The molecule has 2 aliphatic carbocycles. The van der Waals surface area contributed by atoms with E-state index in [9.17, 15) is 9.59 Å². The van der Waals surface area contributed by atoms with Crippen LogP contribution in [0.15, 0.2) is 0 Å². The third kappa shape index (κ3) is 4.23. The lowest BCUT2D eigenvalue weighted by atomic mass is 9.69. The number of rotatable bonds is 4. The van der Waals surface area contributed by atoms with Gasteiger partial charge in [0.1, 0.15) is 6.04 Å². The molecule has 4 heteroatoms. The number of carbonyl (C=O) groups is 2. The van der Waals surface area contributed by atoms with Crippen LogP contribution in [0.5, 0.6) is 0 Å². The highest BCUT2D eigenvalue weighted by Crippen LogP contribution is 2.38. The van der Waals surface area contributed by atoms with Crippen molar-refractivity contribution in [2.75, 3.05) is 0 Å². The van der Waals surface area contributed by atoms with Gasteiger partial charge in [0, 0.05) is 12.0 Å². The predicted octanol–water partition coefficient (Wildman–Crippen LogP) is 3.01. The molecule has 2 N–H and O–H groups in total. The standard InChI is InChI=1S/C18H32N2O2/c1-12(19-17(22)13-8-7-9-13)16(21)20-15-11-6-5-10-14(15)18(2,3)4/h12-15H,5-11H2,1-4H3,(H,19,22)(H,20,21)/t12-,14-,15-/m0/s1. The minimum Gasteiger partial charge on any atom is -0.351 e. The van der Waals surface area contributed by atoms with E-state index in [4.69, 9.17) is 0 Å². The maximum atomic E-state index is 12.4. The molecule has 0 aromatic heterocycles. The Bertz CT molecular complexity index is 410. The van der Waals surface area contributed by atoms with Gasteiger partial charge < -0.3 is 10.6 Å². The summed E-state index contributed by atoms with van der Waals surface area (Å²) in [5.74, 6) is 0.658. The van der Waals surface area contributed by atoms with Gasteiger partial charge in [-0.2, -0.15) is 0 Å². The van der Waals surface area contributed by atoms with E-state index < -0.39 is 6.04 Å². The van der Waals surface area contributed by atoms with Crippen molar-refractivity contribution >= 4 is 11.8 Å². The molecule has 2 fully saturated rings. The third-order valence-electron chi connectivity index (χ3n) is 5.43. The molecule has 126 valence electrons. The SMILES string of the molecule is C[C@H](NC(=O)C1CCC1)C(=O)N[C@H]1CCCC[C@@H]1C(C)(C)C. The van der Waals surface area contributed by atoms with Gasteiger partial charge in [-0.25, -0.2) is 0 Å². The van der Waals surface area contributed by atoms with Gasteiger partial charge in [0.05, 0.1) is 0 Å². The van der Waals surface area contributed by atoms with Crippen molar-refractivity contribution in [3.63, 3.8) is 0 Å². The first-order chi connectivity index (χ1) is 10.3. The number of carbonyl (C=O) groups excluding carboxylic acids is 2. The second-order valence-corrected chi connectivity index (χ2v) is 8.23. The Morgan fingerprint density at radius 3 is 2.18 bits per heavy atom. The van der Waals surface area contributed by atoms with Crippen molar-refractivity contribution in [2.24, 2.45) is 17.3 Å². The van der Waals surface area contributed by atoms with Crippen molar-refractivity contribution in [1.29, 1.82) is 0 Å². The highest BCUT2D eigenvalue weighted by molar-refractivity contribution is 5.88. The molecule has 4 nitrogen and oxygen atoms in total. The zero-order chi connectivity index (χ0) is 16.3. The minimum atomic E-state index is -0.435. The summed E-state index contributed by atoms with van der Waals surface area (Å²) >= 11 is 0. The number of amides is 2. The highest BCUT2D eigenvalue weighted by Gasteiger charge is 2.36. The summed E-state index contributed by atoms with van der Waals surface area (Å²) in [5.41, 5.74) is 0.205. The molecule has 0 heterocycles. The first kappa shape index (κ1) is 17.3. The Labute approximate surface area is 134 Å². The zero-order valence-electron chi connectivity index (χ0n) is 14.6. The summed E-state index contributed by atoms with van der Waals surface area (Å²) in [4.78, 5) is 24.4. The normalized spacial score (nSPS) is 27.6. The lowest BCUT2D eigenvalue weighted by Gasteiger charge is -2.41. The zero-order valence-corrected chi connectivity index (χ0v) is 14.6. The van der Waals surface area contributed by atoms with Gasteiger partial charge in [-0.1, -0.05) is 40.0 Å². The van der Waals surface area contributed by atoms with Crippen molar-refractivity contribution in [1.82, 2.24) is 10.6 Å².